The van der Waals surface area contributed by atoms with E-state index in [1.54, 1.807) is 0 Å². The Bertz CT molecular complexity index is 1440. The van der Waals surface area contributed by atoms with Crippen LogP contribution in [0.2, 0.25) is 0 Å². The molecule has 3 aromatic rings. The molecule has 3 aromatic carbocycles. The summed E-state index contributed by atoms with van der Waals surface area (Å²) in [7, 11) is 0.994. The highest BCUT2D eigenvalue weighted by Crippen LogP contribution is 2.41. The van der Waals surface area contributed by atoms with Crippen molar-refractivity contribution in [3.05, 3.63) is 76.4 Å². The number of amides is 2. The van der Waals surface area contributed by atoms with Crippen LogP contribution in [0.4, 0.5) is 40.8 Å². The van der Waals surface area contributed by atoms with Gasteiger partial charge in [-0.05, 0) is 48.9 Å². The topological polar surface area (TPSA) is 99.9 Å². The minimum Gasteiger partial charge on any atom is -0.493 e. The Kier molecular flexibility index (Phi) is 7.93. The molecule has 0 saturated carbocycles. The Hall–Kier alpha value is -4.56. The van der Waals surface area contributed by atoms with Crippen molar-refractivity contribution in [2.45, 2.75) is 19.5 Å². The van der Waals surface area contributed by atoms with Crippen molar-refractivity contribution in [3.63, 3.8) is 0 Å². The molecule has 7 nitrogen and oxygen atoms in total. The lowest BCUT2D eigenvalue weighted by Gasteiger charge is -2.18. The predicted octanol–water partition coefficient (Wildman–Crippen LogP) is 6.34. The Labute approximate surface area is 214 Å². The maximum atomic E-state index is 15.0. The standard InChI is InChI=1S/C24H16F8N2O5/c1-10-5-14(25)13(21(33)35)9-16(10)34-22(36)20-15(26)6-11(23(27,28)29)7-19(20)38-17-4-3-12(8-18(17)37-2)39-24(30,31)32/h3-9H,1-2H3,(H2,33,35)(H,34,36). The third-order valence-electron chi connectivity index (χ3n) is 5.02. The number of nitrogens with two attached hydrogens (primary N) is 1. The number of anilines is 1. The van der Waals surface area contributed by atoms with Gasteiger partial charge in [-0.2, -0.15) is 13.2 Å². The third kappa shape index (κ3) is 6.86. The zero-order valence-electron chi connectivity index (χ0n) is 19.7. The maximum absolute atomic E-state index is 15.0. The molecule has 0 aliphatic rings. The summed E-state index contributed by atoms with van der Waals surface area (Å²) in [5.74, 6) is -8.03. The van der Waals surface area contributed by atoms with Gasteiger partial charge in [0.05, 0.1) is 18.2 Å². The van der Waals surface area contributed by atoms with E-state index < -0.39 is 75.7 Å². The van der Waals surface area contributed by atoms with Crippen LogP contribution in [0, 0.1) is 18.6 Å². The van der Waals surface area contributed by atoms with Crippen LogP contribution in [-0.2, 0) is 6.18 Å². The number of hydrogen-bond donors (Lipinski definition) is 2. The van der Waals surface area contributed by atoms with E-state index in [-0.39, 0.29) is 23.4 Å². The van der Waals surface area contributed by atoms with Gasteiger partial charge in [0.2, 0.25) is 0 Å². The zero-order valence-corrected chi connectivity index (χ0v) is 19.7. The lowest BCUT2D eigenvalue weighted by molar-refractivity contribution is -0.274. The van der Waals surface area contributed by atoms with Crippen molar-refractivity contribution in [2.24, 2.45) is 5.73 Å². The van der Waals surface area contributed by atoms with Crippen molar-refractivity contribution in [1.82, 2.24) is 0 Å². The van der Waals surface area contributed by atoms with E-state index in [9.17, 15) is 44.7 Å². The molecule has 208 valence electrons. The molecule has 0 aliphatic heterocycles. The molecule has 0 saturated heterocycles. The van der Waals surface area contributed by atoms with Crippen LogP contribution in [0.15, 0.2) is 42.5 Å². The highest BCUT2D eigenvalue weighted by atomic mass is 19.4. The predicted molar refractivity (Wildman–Crippen MR) is 119 cm³/mol. The summed E-state index contributed by atoms with van der Waals surface area (Å²) in [6.45, 7) is 1.30. The molecule has 0 unspecified atom stereocenters. The van der Waals surface area contributed by atoms with E-state index in [0.717, 1.165) is 31.4 Å². The van der Waals surface area contributed by atoms with Gasteiger partial charge in [-0.25, -0.2) is 8.78 Å². The van der Waals surface area contributed by atoms with Crippen LogP contribution in [0.3, 0.4) is 0 Å². The van der Waals surface area contributed by atoms with Gasteiger partial charge in [0.25, 0.3) is 11.8 Å². The first kappa shape index (κ1) is 29.0. The average Bonchev–Trinajstić information content (AvgIpc) is 2.79. The fourth-order valence-electron chi connectivity index (χ4n) is 3.27. The summed E-state index contributed by atoms with van der Waals surface area (Å²) in [4.78, 5) is 24.4. The first-order valence-electron chi connectivity index (χ1n) is 10.4. The fourth-order valence-corrected chi connectivity index (χ4v) is 3.27. The number of nitrogens with one attached hydrogen (secondary N) is 1. The number of carbonyl (C=O) groups is 2. The number of halogens is 8. The number of primary amides is 1. The molecule has 0 fully saturated rings. The second kappa shape index (κ2) is 10.7. The highest BCUT2D eigenvalue weighted by molar-refractivity contribution is 6.07. The summed E-state index contributed by atoms with van der Waals surface area (Å²) in [5.41, 5.74) is 1.63. The molecule has 0 bridgehead atoms. The minimum atomic E-state index is -5.09. The molecule has 0 heterocycles. The molecular formula is C24H16F8N2O5. The lowest BCUT2D eigenvalue weighted by Crippen LogP contribution is -2.19. The lowest BCUT2D eigenvalue weighted by atomic mass is 10.1. The molecular weight excluding hydrogens is 548 g/mol. The van der Waals surface area contributed by atoms with Gasteiger partial charge in [-0.3, -0.25) is 9.59 Å². The van der Waals surface area contributed by atoms with E-state index in [0.29, 0.717) is 6.07 Å². The van der Waals surface area contributed by atoms with E-state index >= 15 is 0 Å². The largest absolute Gasteiger partial charge is 0.573 e. The van der Waals surface area contributed by atoms with Crippen LogP contribution < -0.4 is 25.3 Å². The van der Waals surface area contributed by atoms with E-state index in [1.807, 2.05) is 0 Å². The fraction of sp³-hybridized carbons (Fsp3) is 0.167. The number of hydrogen-bond acceptors (Lipinski definition) is 5. The molecule has 2 amide bonds. The second-order valence-electron chi connectivity index (χ2n) is 7.76. The van der Waals surface area contributed by atoms with Crippen LogP contribution in [0.5, 0.6) is 23.0 Å². The maximum Gasteiger partial charge on any atom is 0.573 e. The first-order chi connectivity index (χ1) is 18.0. The van der Waals surface area contributed by atoms with Crippen LogP contribution in [0.1, 0.15) is 31.8 Å². The number of alkyl halides is 6. The van der Waals surface area contributed by atoms with Gasteiger partial charge in [0.1, 0.15) is 28.7 Å². The van der Waals surface area contributed by atoms with Crippen molar-refractivity contribution in [3.8, 4) is 23.0 Å². The number of methoxy groups -OCH3 is 1. The Balaban J connectivity index is 2.10. The molecule has 3 N–H and O–H groups in total. The molecule has 15 heteroatoms. The van der Waals surface area contributed by atoms with Crippen molar-refractivity contribution < 1.29 is 58.9 Å². The van der Waals surface area contributed by atoms with Crippen molar-refractivity contribution in [1.29, 1.82) is 0 Å². The number of benzene rings is 3. The molecule has 0 aliphatic carbocycles. The smallest absolute Gasteiger partial charge is 0.493 e. The van der Waals surface area contributed by atoms with Crippen molar-refractivity contribution >= 4 is 17.5 Å². The first-order valence-corrected chi connectivity index (χ1v) is 10.4. The highest BCUT2D eigenvalue weighted by Gasteiger charge is 2.35. The number of ether oxygens (including phenoxy) is 3. The van der Waals surface area contributed by atoms with Crippen LogP contribution in [0.25, 0.3) is 0 Å². The van der Waals surface area contributed by atoms with Gasteiger partial charge >= 0.3 is 12.5 Å². The van der Waals surface area contributed by atoms with Gasteiger partial charge in [-0.15, -0.1) is 13.2 Å². The SMILES string of the molecule is COc1cc(OC(F)(F)F)ccc1Oc1cc(C(F)(F)F)cc(F)c1C(=O)Nc1cc(C(N)=O)c(F)cc1C. The van der Waals surface area contributed by atoms with Gasteiger partial charge in [0.15, 0.2) is 11.5 Å². The average molecular weight is 564 g/mol. The van der Waals surface area contributed by atoms with Gasteiger partial charge < -0.3 is 25.3 Å². The van der Waals surface area contributed by atoms with Crippen molar-refractivity contribution in [2.75, 3.05) is 12.4 Å². The summed E-state index contributed by atoms with van der Waals surface area (Å²) in [6, 6.07) is 4.24. The number of carbonyl (C=O) groups excluding carboxylic acids is 2. The van der Waals surface area contributed by atoms with Gasteiger partial charge in [0, 0.05) is 11.8 Å². The van der Waals surface area contributed by atoms with E-state index in [4.69, 9.17) is 15.2 Å². The second-order valence-corrected chi connectivity index (χ2v) is 7.76. The molecule has 0 spiro atoms. The quantitative estimate of drug-likeness (QED) is 0.326. The summed E-state index contributed by atoms with van der Waals surface area (Å²) in [6.07, 6.45) is -10.2. The van der Waals surface area contributed by atoms with Gasteiger partial charge in [-0.1, -0.05) is 0 Å². The Morgan fingerprint density at radius 3 is 2.10 bits per heavy atom. The Morgan fingerprint density at radius 2 is 1.54 bits per heavy atom. The normalized spacial score (nSPS) is 11.6. The number of rotatable bonds is 7. The van der Waals surface area contributed by atoms with Crippen LogP contribution >= 0.6 is 0 Å². The molecule has 0 atom stereocenters. The third-order valence-corrected chi connectivity index (χ3v) is 5.02. The van der Waals surface area contributed by atoms with E-state index in [2.05, 4.69) is 10.1 Å². The minimum absolute atomic E-state index is 0.0195. The molecule has 3 rings (SSSR count). The van der Waals surface area contributed by atoms with Crippen LogP contribution in [-0.4, -0.2) is 25.3 Å². The number of aryl methyl sites for hydroxylation is 1. The summed E-state index contributed by atoms with van der Waals surface area (Å²) < 4.78 is 121. The molecule has 0 aromatic heterocycles. The van der Waals surface area contributed by atoms with E-state index in [1.165, 1.54) is 6.92 Å². The summed E-state index contributed by atoms with van der Waals surface area (Å²) >= 11 is 0. The zero-order chi connectivity index (χ0) is 29.3. The molecule has 0 radical (unpaired) electrons. The Morgan fingerprint density at radius 1 is 0.872 bits per heavy atom. The monoisotopic (exact) mass is 564 g/mol. The molecule has 39 heavy (non-hydrogen) atoms. The summed E-state index contributed by atoms with van der Waals surface area (Å²) in [5, 5.41) is 2.15.